The maximum atomic E-state index is 12.7. The molecule has 1 aromatic rings. The summed E-state index contributed by atoms with van der Waals surface area (Å²) in [6.07, 6.45) is -5.13. The summed E-state index contributed by atoms with van der Waals surface area (Å²) in [5, 5.41) is 0. The highest BCUT2D eigenvalue weighted by atomic mass is 19.4. The molecule has 2 rings (SSSR count). The first-order valence-electron chi connectivity index (χ1n) is 4.61. The number of alkyl halides is 3. The molecule has 0 saturated heterocycles. The van der Waals surface area contributed by atoms with E-state index in [1.807, 2.05) is 0 Å². The second kappa shape index (κ2) is 3.70. The highest BCUT2D eigenvalue weighted by Gasteiger charge is 2.36. The highest BCUT2D eigenvalue weighted by Crippen LogP contribution is 2.36. The third-order valence-electron chi connectivity index (χ3n) is 2.29. The van der Waals surface area contributed by atoms with E-state index < -0.39 is 17.8 Å². The fourth-order valence-electron chi connectivity index (χ4n) is 1.59. The van der Waals surface area contributed by atoms with E-state index in [4.69, 9.17) is 10.5 Å². The molecule has 6 heteroatoms. The third-order valence-corrected chi connectivity index (χ3v) is 2.29. The molecule has 0 bridgehead atoms. The second-order valence-corrected chi connectivity index (χ2v) is 3.37. The standard InChI is InChI=1S/C10H9F3N2O/c11-10(12,13)7-4-2-1-3-6(7)8-5-15-9(14)16-8/h1-4,8H,5H2,(H2,14,15). The van der Waals surface area contributed by atoms with Crippen molar-refractivity contribution < 1.29 is 17.9 Å². The van der Waals surface area contributed by atoms with Gasteiger partial charge < -0.3 is 10.5 Å². The predicted octanol–water partition coefficient (Wildman–Crippen LogP) is 2.09. The van der Waals surface area contributed by atoms with Crippen molar-refractivity contribution in [3.05, 3.63) is 35.4 Å². The number of ether oxygens (including phenoxy) is 1. The number of amidine groups is 1. The van der Waals surface area contributed by atoms with E-state index in [2.05, 4.69) is 4.99 Å². The molecule has 1 unspecified atom stereocenters. The molecule has 0 radical (unpaired) electrons. The molecule has 0 aliphatic carbocycles. The van der Waals surface area contributed by atoms with Crippen LogP contribution in [0.15, 0.2) is 29.3 Å². The Morgan fingerprint density at radius 1 is 1.31 bits per heavy atom. The molecule has 0 saturated carbocycles. The SMILES string of the molecule is NC1=NCC(c2ccccc2C(F)(F)F)O1. The molecular formula is C10H9F3N2O. The molecule has 2 N–H and O–H groups in total. The Hall–Kier alpha value is -1.72. The summed E-state index contributed by atoms with van der Waals surface area (Å²) in [6.45, 7) is 0.124. The first-order valence-corrected chi connectivity index (χ1v) is 4.61. The van der Waals surface area contributed by atoms with Gasteiger partial charge in [-0.3, -0.25) is 0 Å². The summed E-state index contributed by atoms with van der Waals surface area (Å²) in [5.41, 5.74) is 4.63. The number of rotatable bonds is 1. The van der Waals surface area contributed by atoms with Crippen molar-refractivity contribution in [2.24, 2.45) is 10.7 Å². The third kappa shape index (κ3) is 1.95. The summed E-state index contributed by atoms with van der Waals surface area (Å²) in [6, 6.07) is 5.20. The average Bonchev–Trinajstić information content (AvgIpc) is 2.64. The monoisotopic (exact) mass is 230 g/mol. The zero-order valence-corrected chi connectivity index (χ0v) is 8.16. The van der Waals surface area contributed by atoms with E-state index in [9.17, 15) is 13.2 Å². The lowest BCUT2D eigenvalue weighted by Gasteiger charge is -2.16. The topological polar surface area (TPSA) is 47.6 Å². The normalized spacial score (nSPS) is 20.4. The number of benzene rings is 1. The molecule has 86 valence electrons. The van der Waals surface area contributed by atoms with Crippen LogP contribution >= 0.6 is 0 Å². The molecule has 1 aromatic carbocycles. The average molecular weight is 230 g/mol. The lowest BCUT2D eigenvalue weighted by atomic mass is 10.0. The number of halogens is 3. The van der Waals surface area contributed by atoms with Crippen LogP contribution in [0, 0.1) is 0 Å². The van der Waals surface area contributed by atoms with Gasteiger partial charge >= 0.3 is 6.18 Å². The van der Waals surface area contributed by atoms with Crippen LogP contribution in [0.25, 0.3) is 0 Å². The van der Waals surface area contributed by atoms with Crippen molar-refractivity contribution in [2.45, 2.75) is 12.3 Å². The Balaban J connectivity index is 2.35. The molecule has 1 aliphatic rings. The van der Waals surface area contributed by atoms with Gasteiger partial charge in [-0.05, 0) is 6.07 Å². The second-order valence-electron chi connectivity index (χ2n) is 3.37. The van der Waals surface area contributed by atoms with Crippen molar-refractivity contribution >= 4 is 6.02 Å². The minimum atomic E-state index is -4.39. The Labute approximate surface area is 89.7 Å². The van der Waals surface area contributed by atoms with Crippen molar-refractivity contribution in [2.75, 3.05) is 6.54 Å². The van der Waals surface area contributed by atoms with Gasteiger partial charge in [0.05, 0.1) is 12.1 Å². The molecule has 1 heterocycles. The van der Waals surface area contributed by atoms with E-state index in [1.165, 1.54) is 18.2 Å². The molecule has 0 fully saturated rings. The van der Waals surface area contributed by atoms with E-state index in [0.717, 1.165) is 6.07 Å². The summed E-state index contributed by atoms with van der Waals surface area (Å²) in [4.78, 5) is 3.72. The Morgan fingerprint density at radius 2 is 2.00 bits per heavy atom. The fourth-order valence-corrected chi connectivity index (χ4v) is 1.59. The maximum absolute atomic E-state index is 12.7. The predicted molar refractivity (Wildman–Crippen MR) is 51.8 cm³/mol. The Bertz CT molecular complexity index is 428. The first kappa shape index (κ1) is 10.8. The molecule has 16 heavy (non-hydrogen) atoms. The van der Waals surface area contributed by atoms with Crippen LogP contribution in [0.3, 0.4) is 0 Å². The molecular weight excluding hydrogens is 221 g/mol. The van der Waals surface area contributed by atoms with Crippen LogP contribution in [0.4, 0.5) is 13.2 Å². The molecule has 1 atom stereocenters. The number of hydrogen-bond donors (Lipinski definition) is 1. The molecule has 0 aromatic heterocycles. The van der Waals surface area contributed by atoms with Gasteiger partial charge in [0.2, 0.25) is 0 Å². The number of hydrogen-bond acceptors (Lipinski definition) is 3. The minimum Gasteiger partial charge on any atom is -0.455 e. The van der Waals surface area contributed by atoms with Crippen LogP contribution in [0.1, 0.15) is 17.2 Å². The van der Waals surface area contributed by atoms with Gasteiger partial charge in [-0.2, -0.15) is 13.2 Å². The van der Waals surface area contributed by atoms with Gasteiger partial charge in [0.25, 0.3) is 6.02 Å². The van der Waals surface area contributed by atoms with Gasteiger partial charge in [0.1, 0.15) is 6.10 Å². The van der Waals surface area contributed by atoms with Crippen molar-refractivity contribution in [1.82, 2.24) is 0 Å². The van der Waals surface area contributed by atoms with Crippen molar-refractivity contribution in [3.8, 4) is 0 Å². The van der Waals surface area contributed by atoms with Gasteiger partial charge in [-0.15, -0.1) is 0 Å². The summed E-state index contributed by atoms with van der Waals surface area (Å²) >= 11 is 0. The fraction of sp³-hybridized carbons (Fsp3) is 0.300. The molecule has 0 amide bonds. The largest absolute Gasteiger partial charge is 0.455 e. The van der Waals surface area contributed by atoms with Gasteiger partial charge in [-0.1, -0.05) is 18.2 Å². The number of aliphatic imine (C=N–C) groups is 1. The van der Waals surface area contributed by atoms with Crippen LogP contribution in [0.2, 0.25) is 0 Å². The van der Waals surface area contributed by atoms with Crippen molar-refractivity contribution in [3.63, 3.8) is 0 Å². The zero-order valence-electron chi connectivity index (χ0n) is 8.16. The Kier molecular flexibility index (Phi) is 2.49. The maximum Gasteiger partial charge on any atom is 0.416 e. The number of nitrogens with two attached hydrogens (primary N) is 1. The van der Waals surface area contributed by atoms with Gasteiger partial charge in [-0.25, -0.2) is 4.99 Å². The van der Waals surface area contributed by atoms with E-state index in [-0.39, 0.29) is 18.1 Å². The van der Waals surface area contributed by atoms with E-state index >= 15 is 0 Å². The lowest BCUT2D eigenvalue weighted by molar-refractivity contribution is -0.139. The Morgan fingerprint density at radius 3 is 2.56 bits per heavy atom. The quantitative estimate of drug-likeness (QED) is 0.803. The molecule has 0 spiro atoms. The van der Waals surface area contributed by atoms with Gasteiger partial charge in [0, 0.05) is 5.56 Å². The summed E-state index contributed by atoms with van der Waals surface area (Å²) in [5.74, 6) is 0. The molecule has 1 aliphatic heterocycles. The van der Waals surface area contributed by atoms with Crippen LogP contribution in [-0.2, 0) is 10.9 Å². The summed E-state index contributed by atoms with van der Waals surface area (Å²) in [7, 11) is 0. The van der Waals surface area contributed by atoms with E-state index in [1.54, 1.807) is 0 Å². The van der Waals surface area contributed by atoms with E-state index in [0.29, 0.717) is 0 Å². The molecule has 3 nitrogen and oxygen atoms in total. The highest BCUT2D eigenvalue weighted by molar-refractivity contribution is 5.73. The van der Waals surface area contributed by atoms with Gasteiger partial charge in [0.15, 0.2) is 0 Å². The zero-order chi connectivity index (χ0) is 11.8. The first-order chi connectivity index (χ1) is 7.48. The van der Waals surface area contributed by atoms with Crippen LogP contribution in [-0.4, -0.2) is 12.6 Å². The minimum absolute atomic E-state index is 0.0676. The van der Waals surface area contributed by atoms with Crippen LogP contribution in [0.5, 0.6) is 0 Å². The number of nitrogens with zero attached hydrogens (tertiary/aromatic N) is 1. The summed E-state index contributed by atoms with van der Waals surface area (Å²) < 4.78 is 43.0. The lowest BCUT2D eigenvalue weighted by Crippen LogP contribution is -2.16. The van der Waals surface area contributed by atoms with Crippen LogP contribution < -0.4 is 5.73 Å². The van der Waals surface area contributed by atoms with Crippen molar-refractivity contribution in [1.29, 1.82) is 0 Å². The smallest absolute Gasteiger partial charge is 0.416 e.